The quantitative estimate of drug-likeness (QED) is 0.162. The predicted molar refractivity (Wildman–Crippen MR) is 133 cm³/mol. The molecule has 2 saturated carbocycles. The maximum atomic E-state index is 14.0. The third-order valence-electron chi connectivity index (χ3n) is 8.47. The largest absolute Gasteiger partial charge is 0.422 e. The molecule has 0 amide bonds. The highest BCUT2D eigenvalue weighted by atomic mass is 19.4. The number of unbranched alkanes of at least 4 members (excludes halogenated alkanes) is 3. The first kappa shape index (κ1) is 28.2. The van der Waals surface area contributed by atoms with Crippen LogP contribution in [0.15, 0.2) is 24.3 Å². The van der Waals surface area contributed by atoms with Gasteiger partial charge in [-0.3, -0.25) is 0 Å². The number of alkyl halides is 3. The smallest absolute Gasteiger partial charge is 0.206 e. The molecule has 0 aromatic heterocycles. The van der Waals surface area contributed by atoms with E-state index in [1.807, 2.05) is 0 Å². The van der Waals surface area contributed by atoms with E-state index in [9.17, 15) is 22.0 Å². The van der Waals surface area contributed by atoms with Crippen molar-refractivity contribution >= 4 is 0 Å². The fraction of sp³-hybridized carbons (Fsp3) is 0.733. The summed E-state index contributed by atoms with van der Waals surface area (Å²) in [7, 11) is 0. The third kappa shape index (κ3) is 8.89. The van der Waals surface area contributed by atoms with Crippen molar-refractivity contribution in [2.45, 2.75) is 122 Å². The van der Waals surface area contributed by atoms with E-state index in [-0.39, 0.29) is 5.92 Å². The molecule has 0 atom stereocenters. The van der Waals surface area contributed by atoms with Gasteiger partial charge in [0.1, 0.15) is 17.2 Å². The normalized spacial score (nSPS) is 25.9. The molecule has 5 heteroatoms. The van der Waals surface area contributed by atoms with Gasteiger partial charge in [-0.2, -0.15) is 13.2 Å². The molecule has 0 spiro atoms. The minimum Gasteiger partial charge on any atom is -0.206 e. The molecule has 2 aliphatic rings. The zero-order valence-corrected chi connectivity index (χ0v) is 21.3. The van der Waals surface area contributed by atoms with E-state index in [0.29, 0.717) is 11.5 Å². The van der Waals surface area contributed by atoms with Crippen LogP contribution in [0.5, 0.6) is 0 Å². The molecular weight excluding hydrogens is 455 g/mol. The second-order valence-corrected chi connectivity index (χ2v) is 11.1. The Balaban J connectivity index is 1.32. The summed E-state index contributed by atoms with van der Waals surface area (Å²) in [5.74, 6) is -0.656. The SMILES string of the molecule is CCC/C=C/CCCC[C@H]1CC[C@H](CC[C@H]2CC[C@H](c3cc(F)c(C(F)(F)F)c(F)c3)CC2)CC1. The number of hydrogen-bond donors (Lipinski definition) is 0. The molecule has 0 radical (unpaired) electrons. The Morgan fingerprint density at radius 3 is 1.71 bits per heavy atom. The average Bonchev–Trinajstić information content (AvgIpc) is 2.82. The first-order valence-electron chi connectivity index (χ1n) is 14.0. The van der Waals surface area contributed by atoms with Crippen LogP contribution in [-0.2, 0) is 6.18 Å². The zero-order valence-electron chi connectivity index (χ0n) is 21.3. The summed E-state index contributed by atoms with van der Waals surface area (Å²) in [5, 5.41) is 0. The van der Waals surface area contributed by atoms with Gasteiger partial charge in [0.2, 0.25) is 0 Å². The first-order valence-corrected chi connectivity index (χ1v) is 14.0. The Labute approximate surface area is 208 Å². The van der Waals surface area contributed by atoms with Crippen LogP contribution < -0.4 is 0 Å². The Morgan fingerprint density at radius 1 is 0.714 bits per heavy atom. The number of hydrogen-bond acceptors (Lipinski definition) is 0. The van der Waals surface area contributed by atoms with E-state index < -0.39 is 23.4 Å². The van der Waals surface area contributed by atoms with E-state index in [1.165, 1.54) is 77.0 Å². The molecule has 0 unspecified atom stereocenters. The van der Waals surface area contributed by atoms with E-state index >= 15 is 0 Å². The molecule has 0 aliphatic heterocycles. The molecule has 0 nitrogen and oxygen atoms in total. The van der Waals surface area contributed by atoms with Gasteiger partial charge in [0.15, 0.2) is 0 Å². The lowest BCUT2D eigenvalue weighted by Gasteiger charge is -2.32. The average molecular weight is 499 g/mol. The van der Waals surface area contributed by atoms with Crippen LogP contribution in [0.4, 0.5) is 22.0 Å². The lowest BCUT2D eigenvalue weighted by molar-refractivity contribution is -0.142. The maximum Gasteiger partial charge on any atom is 0.422 e. The fourth-order valence-electron chi connectivity index (χ4n) is 6.26. The van der Waals surface area contributed by atoms with Crippen LogP contribution in [-0.4, -0.2) is 0 Å². The molecule has 1 aromatic rings. The van der Waals surface area contributed by atoms with Crippen molar-refractivity contribution in [2.75, 3.05) is 0 Å². The highest BCUT2D eigenvalue weighted by molar-refractivity contribution is 5.30. The van der Waals surface area contributed by atoms with Crippen molar-refractivity contribution in [2.24, 2.45) is 17.8 Å². The number of benzene rings is 1. The van der Waals surface area contributed by atoms with Crippen molar-refractivity contribution in [3.63, 3.8) is 0 Å². The van der Waals surface area contributed by atoms with Crippen LogP contribution >= 0.6 is 0 Å². The van der Waals surface area contributed by atoms with Gasteiger partial charge in [0.25, 0.3) is 0 Å². The van der Waals surface area contributed by atoms with Gasteiger partial charge in [-0.25, -0.2) is 8.78 Å². The number of allylic oxidation sites excluding steroid dienone is 2. The van der Waals surface area contributed by atoms with Gasteiger partial charge in [-0.15, -0.1) is 0 Å². The van der Waals surface area contributed by atoms with Crippen molar-refractivity contribution in [3.8, 4) is 0 Å². The zero-order chi connectivity index (χ0) is 25.3. The van der Waals surface area contributed by atoms with Gasteiger partial charge < -0.3 is 0 Å². The van der Waals surface area contributed by atoms with Crippen molar-refractivity contribution in [1.82, 2.24) is 0 Å². The lowest BCUT2D eigenvalue weighted by Crippen LogP contribution is -2.18. The summed E-state index contributed by atoms with van der Waals surface area (Å²) < 4.78 is 66.4. The second-order valence-electron chi connectivity index (χ2n) is 11.1. The molecule has 0 saturated heterocycles. The van der Waals surface area contributed by atoms with Gasteiger partial charge >= 0.3 is 6.18 Å². The molecule has 0 N–H and O–H groups in total. The molecule has 0 bridgehead atoms. The number of halogens is 5. The van der Waals surface area contributed by atoms with Gasteiger partial charge in [-0.1, -0.05) is 76.9 Å². The first-order chi connectivity index (χ1) is 16.8. The van der Waals surface area contributed by atoms with Crippen LogP contribution in [0.25, 0.3) is 0 Å². The summed E-state index contributed by atoms with van der Waals surface area (Å²) in [4.78, 5) is 0. The molecule has 35 heavy (non-hydrogen) atoms. The van der Waals surface area contributed by atoms with Crippen LogP contribution in [0.3, 0.4) is 0 Å². The molecule has 1 aromatic carbocycles. The van der Waals surface area contributed by atoms with Crippen molar-refractivity contribution in [3.05, 3.63) is 47.0 Å². The second kappa shape index (κ2) is 13.8. The number of rotatable bonds is 11. The summed E-state index contributed by atoms with van der Waals surface area (Å²) in [6.45, 7) is 2.21. The van der Waals surface area contributed by atoms with Crippen LogP contribution in [0.1, 0.15) is 127 Å². The van der Waals surface area contributed by atoms with Crippen LogP contribution in [0, 0.1) is 29.4 Å². The molecule has 2 aliphatic carbocycles. The predicted octanol–water partition coefficient (Wildman–Crippen LogP) is 10.8. The van der Waals surface area contributed by atoms with E-state index in [0.717, 1.165) is 49.7 Å². The summed E-state index contributed by atoms with van der Waals surface area (Å²) in [5.41, 5.74) is -1.40. The van der Waals surface area contributed by atoms with Gasteiger partial charge in [-0.05, 0) is 86.3 Å². The molecular formula is C30H43F5. The summed E-state index contributed by atoms with van der Waals surface area (Å²) in [6, 6.07) is 1.80. The lowest BCUT2D eigenvalue weighted by atomic mass is 9.74. The van der Waals surface area contributed by atoms with Gasteiger partial charge in [0.05, 0.1) is 0 Å². The highest BCUT2D eigenvalue weighted by Crippen LogP contribution is 2.42. The third-order valence-corrected chi connectivity index (χ3v) is 8.47. The fourth-order valence-corrected chi connectivity index (χ4v) is 6.26. The minimum absolute atomic E-state index is 0.0462. The molecule has 198 valence electrons. The Morgan fingerprint density at radius 2 is 1.20 bits per heavy atom. The van der Waals surface area contributed by atoms with E-state index in [4.69, 9.17) is 0 Å². The Hall–Kier alpha value is -1.39. The molecule has 3 rings (SSSR count). The topological polar surface area (TPSA) is 0 Å². The van der Waals surface area contributed by atoms with Gasteiger partial charge in [0, 0.05) is 0 Å². The molecule has 2 fully saturated rings. The minimum atomic E-state index is -5.00. The summed E-state index contributed by atoms with van der Waals surface area (Å²) in [6.07, 6.45) is 18.9. The van der Waals surface area contributed by atoms with Crippen molar-refractivity contribution < 1.29 is 22.0 Å². The van der Waals surface area contributed by atoms with Crippen molar-refractivity contribution in [1.29, 1.82) is 0 Å². The highest BCUT2D eigenvalue weighted by Gasteiger charge is 2.38. The monoisotopic (exact) mass is 498 g/mol. The Kier molecular flexibility index (Phi) is 11.1. The Bertz CT molecular complexity index is 757. The van der Waals surface area contributed by atoms with E-state index in [1.54, 1.807) is 0 Å². The molecule has 0 heterocycles. The maximum absolute atomic E-state index is 14.0. The standard InChI is InChI=1S/C30H43F5/c1-2-3-4-5-6-7-8-9-22-10-12-23(13-11-22)14-15-24-16-18-25(19-17-24)26-20-27(31)29(28(32)21-26)30(33,34)35/h4-5,20-25H,2-3,6-19H2,1H3/b5-4+/t22-,23-,24-,25-. The van der Waals surface area contributed by atoms with E-state index in [2.05, 4.69) is 19.1 Å². The van der Waals surface area contributed by atoms with Crippen LogP contribution in [0.2, 0.25) is 0 Å². The summed E-state index contributed by atoms with van der Waals surface area (Å²) >= 11 is 0.